The van der Waals surface area contributed by atoms with Crippen molar-refractivity contribution in [1.29, 1.82) is 0 Å². The van der Waals surface area contributed by atoms with E-state index < -0.39 is 53.0 Å². The lowest BCUT2D eigenvalue weighted by molar-refractivity contribution is -0.148. The molecule has 3 amide bonds. The minimum Gasteiger partial charge on any atom is -0.488 e. The van der Waals surface area contributed by atoms with E-state index in [9.17, 15) is 19.2 Å². The van der Waals surface area contributed by atoms with Gasteiger partial charge in [-0.15, -0.1) is 6.58 Å². The van der Waals surface area contributed by atoms with Crippen LogP contribution in [0.25, 0.3) is 10.9 Å². The summed E-state index contributed by atoms with van der Waals surface area (Å²) < 4.78 is 22.8. The van der Waals surface area contributed by atoms with Crippen LogP contribution in [0.4, 0.5) is 4.79 Å². The highest BCUT2D eigenvalue weighted by atomic mass is 35.5. The highest BCUT2D eigenvalue weighted by Crippen LogP contribution is 2.46. The number of hydrogen-bond acceptors (Lipinski definition) is 9. The Kier molecular flexibility index (Phi) is 10.4. The molecule has 5 rings (SSSR count). The van der Waals surface area contributed by atoms with E-state index in [0.717, 1.165) is 25.7 Å². The minimum absolute atomic E-state index is 0.0211. The lowest BCUT2D eigenvalue weighted by atomic mass is 9.85. The van der Waals surface area contributed by atoms with E-state index in [1.165, 1.54) is 12.0 Å². The fourth-order valence-electron chi connectivity index (χ4n) is 6.65. The maximum atomic E-state index is 14.4. The monoisotopic (exact) mass is 684 g/mol. The van der Waals surface area contributed by atoms with Crippen LogP contribution in [-0.2, 0) is 23.9 Å². The minimum atomic E-state index is -1.27. The fourth-order valence-corrected chi connectivity index (χ4v) is 6.86. The number of pyridine rings is 1. The van der Waals surface area contributed by atoms with E-state index in [1.807, 2.05) is 33.8 Å². The molecule has 0 spiro atoms. The van der Waals surface area contributed by atoms with Crippen molar-refractivity contribution in [3.63, 3.8) is 0 Å². The summed E-state index contributed by atoms with van der Waals surface area (Å²) in [5.41, 5.74) is -1.52. The Balaban J connectivity index is 1.45. The van der Waals surface area contributed by atoms with Gasteiger partial charge in [0.05, 0.1) is 30.8 Å². The molecule has 1 aliphatic heterocycles. The molecule has 2 heterocycles. The van der Waals surface area contributed by atoms with Crippen LogP contribution in [0.2, 0.25) is 5.02 Å². The number of hydrogen-bond donors (Lipinski definition) is 2. The predicted molar refractivity (Wildman–Crippen MR) is 179 cm³/mol. The zero-order valence-electron chi connectivity index (χ0n) is 28.2. The van der Waals surface area contributed by atoms with Gasteiger partial charge in [0.2, 0.25) is 17.7 Å². The first-order chi connectivity index (χ1) is 22.8. The van der Waals surface area contributed by atoms with Crippen LogP contribution in [0, 0.1) is 11.3 Å². The van der Waals surface area contributed by atoms with Crippen LogP contribution >= 0.6 is 11.6 Å². The molecule has 3 aliphatic rings. The molecule has 260 valence electrons. The second-order valence-electron chi connectivity index (χ2n) is 13.8. The number of methoxy groups -OCH3 is 1. The van der Waals surface area contributed by atoms with E-state index in [0.29, 0.717) is 40.6 Å². The molecule has 1 aromatic heterocycles. The number of halogens is 1. The molecule has 2 aromatic rings. The van der Waals surface area contributed by atoms with E-state index >= 15 is 0 Å². The molecule has 0 radical (unpaired) electrons. The average molecular weight is 685 g/mol. The van der Waals surface area contributed by atoms with E-state index in [1.54, 1.807) is 24.3 Å². The number of esters is 1. The summed E-state index contributed by atoms with van der Waals surface area (Å²) in [7, 11) is 1.26. The van der Waals surface area contributed by atoms with Crippen molar-refractivity contribution in [3.05, 3.63) is 41.9 Å². The number of ether oxygens (including phenoxy) is 4. The Morgan fingerprint density at radius 1 is 1.19 bits per heavy atom. The molecule has 2 aliphatic carbocycles. The molecule has 1 saturated heterocycles. The molecule has 48 heavy (non-hydrogen) atoms. The zero-order valence-corrected chi connectivity index (χ0v) is 28.9. The Morgan fingerprint density at radius 2 is 1.92 bits per heavy atom. The smallest absolute Gasteiger partial charge is 0.408 e. The summed E-state index contributed by atoms with van der Waals surface area (Å²) in [4.78, 5) is 60.2. The number of rotatable bonds is 11. The Morgan fingerprint density at radius 3 is 2.54 bits per heavy atom. The van der Waals surface area contributed by atoms with Crippen LogP contribution in [0.15, 0.2) is 36.9 Å². The maximum absolute atomic E-state index is 14.4. The number of nitrogens with zero attached hydrogens (tertiary/aromatic N) is 2. The summed E-state index contributed by atoms with van der Waals surface area (Å²) in [6.45, 7) is 11.5. The second-order valence-corrected chi connectivity index (χ2v) is 14.2. The van der Waals surface area contributed by atoms with Crippen LogP contribution in [-0.4, -0.2) is 83.9 Å². The summed E-state index contributed by atoms with van der Waals surface area (Å²) in [5.74, 6) is -1.17. The topological polar surface area (TPSA) is 145 Å². The number of alkyl carbamates (subject to hydrolysis) is 1. The van der Waals surface area contributed by atoms with Crippen LogP contribution in [0.1, 0.15) is 66.2 Å². The molecule has 2 saturated carbocycles. The van der Waals surface area contributed by atoms with E-state index in [-0.39, 0.29) is 25.0 Å². The first-order valence-electron chi connectivity index (χ1n) is 16.5. The summed E-state index contributed by atoms with van der Waals surface area (Å²) in [5, 5.41) is 6.71. The number of amides is 3. The van der Waals surface area contributed by atoms with Gasteiger partial charge in [0.25, 0.3) is 0 Å². The van der Waals surface area contributed by atoms with Crippen molar-refractivity contribution < 1.29 is 38.1 Å². The first kappa shape index (κ1) is 35.3. The molecule has 2 N–H and O–H groups in total. The third kappa shape index (κ3) is 7.33. The Hall–Kier alpha value is -4.06. The van der Waals surface area contributed by atoms with Gasteiger partial charge in [-0.25, -0.2) is 14.6 Å². The quantitative estimate of drug-likeness (QED) is 0.248. The highest BCUT2D eigenvalue weighted by Gasteiger charge is 2.62. The van der Waals surface area contributed by atoms with Crippen molar-refractivity contribution in [2.45, 2.75) is 96.1 Å². The van der Waals surface area contributed by atoms with Crippen LogP contribution < -0.4 is 20.1 Å². The van der Waals surface area contributed by atoms with Gasteiger partial charge in [-0.3, -0.25) is 9.59 Å². The van der Waals surface area contributed by atoms with Crippen molar-refractivity contribution in [3.8, 4) is 11.6 Å². The molecule has 1 aromatic carbocycles. The van der Waals surface area contributed by atoms with Gasteiger partial charge in [0, 0.05) is 23.8 Å². The SMILES string of the molecule is C=C[C@@H]1C[C@]1(NC(=O)[C@@H]1C[C@@H](Oc2cc(OCC)nc3c(Cl)cccc23)CN1C(=O)[C@@H](NC(=O)OC1CCCC1)C(C)(C)C)C(=O)OC. The maximum Gasteiger partial charge on any atom is 0.408 e. The molecule has 13 heteroatoms. The van der Waals surface area contributed by atoms with Crippen molar-refractivity contribution in [2.75, 3.05) is 20.3 Å². The number of para-hydroxylation sites is 1. The number of carbonyl (C=O) groups is 4. The molecule has 3 fully saturated rings. The number of benzene rings is 1. The van der Waals surface area contributed by atoms with Crippen LogP contribution in [0.5, 0.6) is 11.6 Å². The molecule has 0 bridgehead atoms. The van der Waals surface area contributed by atoms with Crippen molar-refractivity contribution in [2.24, 2.45) is 11.3 Å². The number of fused-ring (bicyclic) bond motifs is 1. The van der Waals surface area contributed by atoms with Gasteiger partial charge in [0.1, 0.15) is 35.6 Å². The van der Waals surface area contributed by atoms with E-state index in [4.69, 9.17) is 30.5 Å². The first-order valence-corrected chi connectivity index (χ1v) is 16.9. The van der Waals surface area contributed by atoms with Gasteiger partial charge < -0.3 is 34.5 Å². The number of likely N-dealkylation sites (tertiary alicyclic amines) is 1. The number of aromatic nitrogens is 1. The zero-order chi connectivity index (χ0) is 34.8. The third-order valence-electron chi connectivity index (χ3n) is 9.31. The Bertz CT molecular complexity index is 1570. The Labute approximate surface area is 285 Å². The largest absolute Gasteiger partial charge is 0.488 e. The predicted octanol–water partition coefficient (Wildman–Crippen LogP) is 4.95. The van der Waals surface area contributed by atoms with Crippen LogP contribution in [0.3, 0.4) is 0 Å². The molecule has 5 atom stereocenters. The molecule has 12 nitrogen and oxygen atoms in total. The molecular formula is C35H45ClN4O8. The summed E-state index contributed by atoms with van der Waals surface area (Å²) >= 11 is 6.48. The van der Waals surface area contributed by atoms with Gasteiger partial charge in [0.15, 0.2) is 0 Å². The summed E-state index contributed by atoms with van der Waals surface area (Å²) in [6, 6.07) is 4.92. The lowest BCUT2D eigenvalue weighted by Gasteiger charge is -2.35. The summed E-state index contributed by atoms with van der Waals surface area (Å²) in [6.07, 6.45) is 4.04. The third-order valence-corrected chi connectivity index (χ3v) is 9.61. The lowest BCUT2D eigenvalue weighted by Crippen LogP contribution is -2.59. The number of carbonyl (C=O) groups excluding carboxylic acids is 4. The van der Waals surface area contributed by atoms with Crippen molar-refractivity contribution in [1.82, 2.24) is 20.5 Å². The van der Waals surface area contributed by atoms with Crippen molar-refractivity contribution >= 4 is 46.4 Å². The molecule has 0 unspecified atom stereocenters. The highest BCUT2D eigenvalue weighted by molar-refractivity contribution is 6.35. The fraction of sp³-hybridized carbons (Fsp3) is 0.571. The molecular weight excluding hydrogens is 640 g/mol. The average Bonchev–Trinajstić information content (AvgIpc) is 3.32. The number of nitrogens with one attached hydrogen (secondary N) is 2. The second kappa shape index (κ2) is 14.2. The standard InChI is InChI=1S/C35H45ClN4O8/c1-7-20-18-35(20,32(43)45-6)39-30(41)25-16-22(47-26-17-27(46-8-2)37-28-23(26)14-11-15-24(28)36)19-40(25)31(42)29(34(3,4)5)38-33(44)48-21-12-9-10-13-21/h7,11,14-15,17,20-22,25,29H,1,8-10,12-13,16,18-19H2,2-6H3,(H,38,44)(H,39,41)/t20-,22-,25+,29-,35-/m1/s1. The van der Waals surface area contributed by atoms with Gasteiger partial charge in [-0.05, 0) is 56.6 Å². The van der Waals surface area contributed by atoms with E-state index in [2.05, 4.69) is 22.2 Å². The van der Waals surface area contributed by atoms with Gasteiger partial charge in [-0.1, -0.05) is 44.5 Å². The van der Waals surface area contributed by atoms with Gasteiger partial charge in [-0.2, -0.15) is 0 Å². The normalized spacial score (nSPS) is 24.5. The van der Waals surface area contributed by atoms with Gasteiger partial charge >= 0.3 is 12.1 Å².